The van der Waals surface area contributed by atoms with E-state index in [9.17, 15) is 0 Å². The van der Waals surface area contributed by atoms with Crippen molar-refractivity contribution in [3.8, 4) is 0 Å². The molecule has 0 aromatic carbocycles. The summed E-state index contributed by atoms with van der Waals surface area (Å²) in [6.07, 6.45) is 0. The largest absolute Gasteiger partial charge is 0.376 e. The monoisotopic (exact) mass is 186 g/mol. The first-order chi connectivity index (χ1) is 5.20. The summed E-state index contributed by atoms with van der Waals surface area (Å²) in [5.41, 5.74) is 7.84. The fourth-order valence-corrected chi connectivity index (χ4v) is 1.68. The van der Waals surface area contributed by atoms with Crippen LogP contribution in [0.1, 0.15) is 11.1 Å². The summed E-state index contributed by atoms with van der Waals surface area (Å²) in [6, 6.07) is 0. The molecular formula is C7H10N2S2. The standard InChI is InChI=1S/C7H10N2S2/c1-5-3-11-4-6(5)2-9-7(8)10/h3-4H,2H2,1H3,(H3,8,9,10). The number of nitrogens with two attached hydrogens (primary N) is 1. The van der Waals surface area contributed by atoms with Gasteiger partial charge in [-0.15, -0.1) is 0 Å². The Bertz CT molecular complexity index is 255. The Morgan fingerprint density at radius 2 is 2.45 bits per heavy atom. The lowest BCUT2D eigenvalue weighted by atomic mass is 10.2. The number of nitrogens with one attached hydrogen (secondary N) is 1. The zero-order chi connectivity index (χ0) is 8.27. The molecule has 4 heteroatoms. The van der Waals surface area contributed by atoms with Crippen molar-refractivity contribution >= 4 is 28.7 Å². The molecule has 0 aliphatic heterocycles. The van der Waals surface area contributed by atoms with Crippen molar-refractivity contribution in [1.82, 2.24) is 5.32 Å². The van der Waals surface area contributed by atoms with E-state index in [0.29, 0.717) is 5.11 Å². The van der Waals surface area contributed by atoms with Crippen molar-refractivity contribution in [2.45, 2.75) is 13.5 Å². The molecule has 0 fully saturated rings. The van der Waals surface area contributed by atoms with Crippen molar-refractivity contribution in [2.24, 2.45) is 5.73 Å². The van der Waals surface area contributed by atoms with Crippen LogP contribution in [-0.4, -0.2) is 5.11 Å². The number of aryl methyl sites for hydroxylation is 1. The van der Waals surface area contributed by atoms with Crippen LogP contribution in [0.5, 0.6) is 0 Å². The van der Waals surface area contributed by atoms with Gasteiger partial charge in [0, 0.05) is 6.54 Å². The number of hydrogen-bond donors (Lipinski definition) is 2. The van der Waals surface area contributed by atoms with Gasteiger partial charge >= 0.3 is 0 Å². The van der Waals surface area contributed by atoms with E-state index >= 15 is 0 Å². The Morgan fingerprint density at radius 1 is 1.73 bits per heavy atom. The van der Waals surface area contributed by atoms with Crippen LogP contribution in [0, 0.1) is 6.92 Å². The first-order valence-corrected chi connectivity index (χ1v) is 4.60. The molecule has 1 heterocycles. The lowest BCUT2D eigenvalue weighted by Crippen LogP contribution is -2.28. The van der Waals surface area contributed by atoms with Crippen LogP contribution >= 0.6 is 23.6 Å². The van der Waals surface area contributed by atoms with Crippen molar-refractivity contribution < 1.29 is 0 Å². The normalized spacial score (nSPS) is 9.55. The van der Waals surface area contributed by atoms with E-state index in [1.54, 1.807) is 11.3 Å². The van der Waals surface area contributed by atoms with E-state index in [0.717, 1.165) is 6.54 Å². The van der Waals surface area contributed by atoms with E-state index in [1.165, 1.54) is 11.1 Å². The maximum Gasteiger partial charge on any atom is 0.163 e. The highest BCUT2D eigenvalue weighted by Crippen LogP contribution is 2.12. The second kappa shape index (κ2) is 3.69. The van der Waals surface area contributed by atoms with Gasteiger partial charge in [0.25, 0.3) is 0 Å². The summed E-state index contributed by atoms with van der Waals surface area (Å²) in [5.74, 6) is 0. The van der Waals surface area contributed by atoms with Crippen LogP contribution in [0.4, 0.5) is 0 Å². The average Bonchev–Trinajstić information content (AvgIpc) is 2.31. The molecule has 0 atom stereocenters. The molecule has 60 valence electrons. The molecule has 2 nitrogen and oxygen atoms in total. The Kier molecular flexibility index (Phi) is 2.84. The highest BCUT2D eigenvalue weighted by Gasteiger charge is 1.97. The Morgan fingerprint density at radius 3 is 2.91 bits per heavy atom. The summed E-state index contributed by atoms with van der Waals surface area (Å²) in [4.78, 5) is 0. The zero-order valence-corrected chi connectivity index (χ0v) is 7.89. The van der Waals surface area contributed by atoms with Gasteiger partial charge in [0.2, 0.25) is 0 Å². The van der Waals surface area contributed by atoms with Gasteiger partial charge in [0.05, 0.1) is 0 Å². The van der Waals surface area contributed by atoms with E-state index in [2.05, 4.69) is 35.2 Å². The summed E-state index contributed by atoms with van der Waals surface area (Å²) in [5, 5.41) is 7.47. The van der Waals surface area contributed by atoms with Gasteiger partial charge in [0.1, 0.15) is 0 Å². The minimum absolute atomic E-state index is 0.357. The number of thiophene rings is 1. The smallest absolute Gasteiger partial charge is 0.163 e. The molecule has 0 bridgehead atoms. The topological polar surface area (TPSA) is 38.0 Å². The minimum Gasteiger partial charge on any atom is -0.376 e. The van der Waals surface area contributed by atoms with Gasteiger partial charge in [-0.05, 0) is 41.0 Å². The lowest BCUT2D eigenvalue weighted by Gasteiger charge is -2.01. The molecule has 0 unspecified atom stereocenters. The molecule has 11 heavy (non-hydrogen) atoms. The van der Waals surface area contributed by atoms with Gasteiger partial charge in [0.15, 0.2) is 5.11 Å². The Hall–Kier alpha value is -0.610. The summed E-state index contributed by atoms with van der Waals surface area (Å²) < 4.78 is 0. The predicted molar refractivity (Wildman–Crippen MR) is 52.7 cm³/mol. The van der Waals surface area contributed by atoms with Gasteiger partial charge in [-0.3, -0.25) is 0 Å². The second-order valence-corrected chi connectivity index (χ2v) is 3.48. The van der Waals surface area contributed by atoms with Crippen LogP contribution in [0.15, 0.2) is 10.8 Å². The molecule has 1 aromatic heterocycles. The molecule has 0 saturated carbocycles. The van der Waals surface area contributed by atoms with E-state index in [-0.39, 0.29) is 0 Å². The highest BCUT2D eigenvalue weighted by atomic mass is 32.1. The van der Waals surface area contributed by atoms with Crippen molar-refractivity contribution in [2.75, 3.05) is 0 Å². The number of hydrogen-bond acceptors (Lipinski definition) is 2. The maximum atomic E-state index is 5.28. The Labute approximate surface area is 75.4 Å². The first kappa shape index (κ1) is 8.49. The van der Waals surface area contributed by atoms with Crippen LogP contribution in [0.2, 0.25) is 0 Å². The molecule has 1 rings (SSSR count). The molecule has 3 N–H and O–H groups in total. The van der Waals surface area contributed by atoms with Gasteiger partial charge in [-0.2, -0.15) is 11.3 Å². The van der Waals surface area contributed by atoms with Crippen LogP contribution in [0.3, 0.4) is 0 Å². The van der Waals surface area contributed by atoms with Gasteiger partial charge in [-0.1, -0.05) is 0 Å². The minimum atomic E-state index is 0.357. The quantitative estimate of drug-likeness (QED) is 0.685. The Balaban J connectivity index is 2.51. The zero-order valence-electron chi connectivity index (χ0n) is 6.26. The first-order valence-electron chi connectivity index (χ1n) is 3.25. The number of thiocarbonyl (C=S) groups is 1. The fraction of sp³-hybridized carbons (Fsp3) is 0.286. The van der Waals surface area contributed by atoms with Crippen LogP contribution in [0.25, 0.3) is 0 Å². The fourth-order valence-electron chi connectivity index (χ4n) is 0.750. The third kappa shape index (κ3) is 2.48. The summed E-state index contributed by atoms with van der Waals surface area (Å²) >= 11 is 6.38. The molecular weight excluding hydrogens is 176 g/mol. The third-order valence-electron chi connectivity index (χ3n) is 1.41. The molecule has 0 saturated heterocycles. The molecule has 0 spiro atoms. The molecule has 0 amide bonds. The molecule has 0 radical (unpaired) electrons. The third-order valence-corrected chi connectivity index (χ3v) is 2.47. The average molecular weight is 186 g/mol. The van der Waals surface area contributed by atoms with Crippen molar-refractivity contribution in [3.05, 3.63) is 21.9 Å². The SMILES string of the molecule is Cc1cscc1CNC(N)=S. The van der Waals surface area contributed by atoms with Crippen molar-refractivity contribution in [3.63, 3.8) is 0 Å². The van der Waals surface area contributed by atoms with E-state index in [4.69, 9.17) is 5.73 Å². The van der Waals surface area contributed by atoms with E-state index in [1.807, 2.05) is 0 Å². The molecule has 1 aromatic rings. The predicted octanol–water partition coefficient (Wildman–Crippen LogP) is 1.39. The van der Waals surface area contributed by atoms with Crippen LogP contribution in [-0.2, 0) is 6.54 Å². The van der Waals surface area contributed by atoms with Crippen LogP contribution < -0.4 is 11.1 Å². The van der Waals surface area contributed by atoms with E-state index < -0.39 is 0 Å². The highest BCUT2D eigenvalue weighted by molar-refractivity contribution is 7.80. The second-order valence-electron chi connectivity index (χ2n) is 2.30. The summed E-state index contributed by atoms with van der Waals surface area (Å²) in [7, 11) is 0. The molecule has 0 aliphatic carbocycles. The molecule has 0 aliphatic rings. The van der Waals surface area contributed by atoms with Gasteiger partial charge in [-0.25, -0.2) is 0 Å². The summed E-state index contributed by atoms with van der Waals surface area (Å²) in [6.45, 7) is 2.82. The van der Waals surface area contributed by atoms with Gasteiger partial charge < -0.3 is 11.1 Å². The number of rotatable bonds is 2. The van der Waals surface area contributed by atoms with Crippen molar-refractivity contribution in [1.29, 1.82) is 0 Å². The maximum absolute atomic E-state index is 5.28. The lowest BCUT2D eigenvalue weighted by molar-refractivity contribution is 0.917.